The van der Waals surface area contributed by atoms with Gasteiger partial charge in [0.2, 0.25) is 0 Å². The van der Waals surface area contributed by atoms with Crippen LogP contribution in [-0.4, -0.2) is 24.4 Å². The second-order valence-corrected chi connectivity index (χ2v) is 2.35. The van der Waals surface area contributed by atoms with E-state index in [0.29, 0.717) is 0 Å². The predicted octanol–water partition coefficient (Wildman–Crippen LogP) is -0.0917. The van der Waals surface area contributed by atoms with Crippen LogP contribution in [0.5, 0.6) is 0 Å². The summed E-state index contributed by atoms with van der Waals surface area (Å²) in [6, 6.07) is 0. The fourth-order valence-electron chi connectivity index (χ4n) is 0.309. The summed E-state index contributed by atoms with van der Waals surface area (Å²) < 4.78 is 0. The minimum Gasteiger partial charge on any atom is -0.394 e. The Kier molecular flexibility index (Phi) is 2.97. The first-order valence-electron chi connectivity index (χ1n) is 2.53. The molecule has 3 nitrogen and oxygen atoms in total. The summed E-state index contributed by atoms with van der Waals surface area (Å²) in [6.07, 6.45) is 0. The minimum absolute atomic E-state index is 0.0703. The van der Waals surface area contributed by atoms with Crippen LogP contribution in [-0.2, 0) is 4.84 Å². The van der Waals surface area contributed by atoms with E-state index in [4.69, 9.17) is 5.11 Å². The number of aliphatic hydroxyl groups excluding tert-OH is 1. The molecule has 2 N–H and O–H groups in total. The Bertz CT molecular complexity index is 63.4. The van der Waals surface area contributed by atoms with Crippen molar-refractivity contribution in [3.05, 3.63) is 0 Å². The Morgan fingerprint density at radius 1 is 1.62 bits per heavy atom. The van der Waals surface area contributed by atoms with Gasteiger partial charge in [0.25, 0.3) is 0 Å². The summed E-state index contributed by atoms with van der Waals surface area (Å²) in [5.74, 6) is 0. The van der Waals surface area contributed by atoms with E-state index in [2.05, 4.69) is 10.3 Å². The smallest absolute Gasteiger partial charge is 0.0630 e. The highest BCUT2D eigenvalue weighted by atomic mass is 16.6. The Hall–Kier alpha value is -0.120. The molecule has 0 aliphatic heterocycles. The highest BCUT2D eigenvalue weighted by Gasteiger charge is 2.13. The van der Waals surface area contributed by atoms with Crippen molar-refractivity contribution < 1.29 is 9.94 Å². The molecular weight excluding hydrogens is 106 g/mol. The summed E-state index contributed by atoms with van der Waals surface area (Å²) in [4.78, 5) is 4.59. The SMILES string of the molecule is CONC(C)(C)CO. The van der Waals surface area contributed by atoms with Crippen molar-refractivity contribution in [2.24, 2.45) is 0 Å². The first kappa shape index (κ1) is 7.88. The third-order valence-corrected chi connectivity index (χ3v) is 0.774. The van der Waals surface area contributed by atoms with E-state index in [1.165, 1.54) is 7.11 Å². The lowest BCUT2D eigenvalue weighted by Crippen LogP contribution is -2.41. The van der Waals surface area contributed by atoms with Crippen LogP contribution in [0.1, 0.15) is 13.8 Å². The van der Waals surface area contributed by atoms with E-state index < -0.39 is 0 Å². The summed E-state index contributed by atoms with van der Waals surface area (Å²) in [5, 5.41) is 8.58. The highest BCUT2D eigenvalue weighted by molar-refractivity contribution is 4.70. The number of hydrogen-bond acceptors (Lipinski definition) is 3. The van der Waals surface area contributed by atoms with Crippen LogP contribution in [0, 0.1) is 0 Å². The summed E-state index contributed by atoms with van der Waals surface area (Å²) in [5.41, 5.74) is 2.30. The van der Waals surface area contributed by atoms with Gasteiger partial charge in [0.1, 0.15) is 0 Å². The molecule has 0 aromatic rings. The van der Waals surface area contributed by atoms with E-state index in [9.17, 15) is 0 Å². The number of hydroxylamine groups is 1. The van der Waals surface area contributed by atoms with Crippen molar-refractivity contribution in [1.82, 2.24) is 5.48 Å². The molecule has 8 heavy (non-hydrogen) atoms. The standard InChI is InChI=1S/C5H13NO2/c1-5(2,4-7)6-8-3/h6-7H,4H2,1-3H3. The van der Waals surface area contributed by atoms with Crippen molar-refractivity contribution in [2.75, 3.05) is 13.7 Å². The third-order valence-electron chi connectivity index (χ3n) is 0.774. The van der Waals surface area contributed by atoms with Crippen LogP contribution < -0.4 is 5.48 Å². The third kappa shape index (κ3) is 2.96. The predicted molar refractivity (Wildman–Crippen MR) is 31.3 cm³/mol. The lowest BCUT2D eigenvalue weighted by atomic mass is 10.1. The minimum atomic E-state index is -0.325. The van der Waals surface area contributed by atoms with Gasteiger partial charge in [-0.3, -0.25) is 0 Å². The van der Waals surface area contributed by atoms with Crippen LogP contribution in [0.2, 0.25) is 0 Å². The summed E-state index contributed by atoms with van der Waals surface area (Å²) in [7, 11) is 1.53. The maximum atomic E-state index is 8.58. The molecule has 0 aromatic carbocycles. The summed E-state index contributed by atoms with van der Waals surface area (Å²) >= 11 is 0. The van der Waals surface area contributed by atoms with E-state index >= 15 is 0 Å². The molecule has 0 atom stereocenters. The fourth-order valence-corrected chi connectivity index (χ4v) is 0.309. The molecule has 3 heteroatoms. The zero-order valence-electron chi connectivity index (χ0n) is 5.56. The van der Waals surface area contributed by atoms with Gasteiger partial charge in [-0.25, -0.2) is 0 Å². The number of rotatable bonds is 3. The molecule has 0 aliphatic carbocycles. The van der Waals surface area contributed by atoms with E-state index in [-0.39, 0.29) is 12.1 Å². The van der Waals surface area contributed by atoms with Gasteiger partial charge in [0, 0.05) is 0 Å². The molecular formula is C5H13NO2. The molecule has 50 valence electrons. The fraction of sp³-hybridized carbons (Fsp3) is 1.00. The first-order valence-corrected chi connectivity index (χ1v) is 2.53. The van der Waals surface area contributed by atoms with Crippen LogP contribution in [0.15, 0.2) is 0 Å². The van der Waals surface area contributed by atoms with Crippen molar-refractivity contribution in [3.63, 3.8) is 0 Å². The average Bonchev–Trinajstić information content (AvgIpc) is 1.67. The Labute approximate surface area is 49.6 Å². The molecule has 0 fully saturated rings. The van der Waals surface area contributed by atoms with Crippen LogP contribution >= 0.6 is 0 Å². The Balaban J connectivity index is 3.37. The number of aliphatic hydroxyl groups is 1. The maximum Gasteiger partial charge on any atom is 0.0630 e. The topological polar surface area (TPSA) is 41.5 Å². The van der Waals surface area contributed by atoms with Gasteiger partial charge in [-0.2, -0.15) is 5.48 Å². The second-order valence-electron chi connectivity index (χ2n) is 2.35. The van der Waals surface area contributed by atoms with Crippen molar-refractivity contribution in [2.45, 2.75) is 19.4 Å². The molecule has 0 heterocycles. The highest BCUT2D eigenvalue weighted by Crippen LogP contribution is 1.97. The van der Waals surface area contributed by atoms with E-state index in [0.717, 1.165) is 0 Å². The van der Waals surface area contributed by atoms with Gasteiger partial charge in [-0.15, -0.1) is 0 Å². The molecule has 0 bridgehead atoms. The van der Waals surface area contributed by atoms with Gasteiger partial charge >= 0.3 is 0 Å². The summed E-state index contributed by atoms with van der Waals surface area (Å²) in [6.45, 7) is 3.76. The Morgan fingerprint density at radius 2 is 2.12 bits per heavy atom. The normalized spacial score (nSPS) is 12.0. The molecule has 0 spiro atoms. The van der Waals surface area contributed by atoms with Gasteiger partial charge in [-0.1, -0.05) is 0 Å². The number of hydrogen-bond donors (Lipinski definition) is 2. The van der Waals surface area contributed by atoms with Crippen LogP contribution in [0.3, 0.4) is 0 Å². The molecule has 0 saturated carbocycles. The lowest BCUT2D eigenvalue weighted by molar-refractivity contribution is 0.00241. The molecule has 0 amide bonds. The monoisotopic (exact) mass is 119 g/mol. The average molecular weight is 119 g/mol. The van der Waals surface area contributed by atoms with Crippen molar-refractivity contribution in [1.29, 1.82) is 0 Å². The molecule has 0 unspecified atom stereocenters. The largest absolute Gasteiger partial charge is 0.394 e. The van der Waals surface area contributed by atoms with Gasteiger partial charge in [0.15, 0.2) is 0 Å². The molecule has 0 aliphatic rings. The van der Waals surface area contributed by atoms with E-state index in [1.54, 1.807) is 0 Å². The van der Waals surface area contributed by atoms with Crippen molar-refractivity contribution >= 4 is 0 Å². The van der Waals surface area contributed by atoms with Gasteiger partial charge < -0.3 is 9.94 Å². The first-order chi connectivity index (χ1) is 3.62. The number of nitrogens with one attached hydrogen (secondary N) is 1. The zero-order valence-corrected chi connectivity index (χ0v) is 5.56. The Morgan fingerprint density at radius 3 is 2.25 bits per heavy atom. The maximum absolute atomic E-state index is 8.58. The molecule has 0 radical (unpaired) electrons. The van der Waals surface area contributed by atoms with Crippen LogP contribution in [0.25, 0.3) is 0 Å². The molecule has 0 saturated heterocycles. The van der Waals surface area contributed by atoms with Crippen molar-refractivity contribution in [3.8, 4) is 0 Å². The lowest BCUT2D eigenvalue weighted by Gasteiger charge is -2.20. The van der Waals surface area contributed by atoms with Crippen LogP contribution in [0.4, 0.5) is 0 Å². The molecule has 0 aromatic heterocycles. The quantitative estimate of drug-likeness (QED) is 0.510. The molecule has 0 rings (SSSR count). The van der Waals surface area contributed by atoms with Gasteiger partial charge in [-0.05, 0) is 13.8 Å². The second kappa shape index (κ2) is 3.02. The zero-order chi connectivity index (χ0) is 6.62. The van der Waals surface area contributed by atoms with E-state index in [1.807, 2.05) is 13.8 Å². The van der Waals surface area contributed by atoms with Gasteiger partial charge in [0.05, 0.1) is 19.3 Å².